The first-order valence-corrected chi connectivity index (χ1v) is 18.1. The summed E-state index contributed by atoms with van der Waals surface area (Å²) < 4.78 is 11.1. The van der Waals surface area contributed by atoms with Crippen LogP contribution in [0.5, 0.6) is 0 Å². The van der Waals surface area contributed by atoms with Gasteiger partial charge in [-0.2, -0.15) is 0 Å². The lowest BCUT2D eigenvalue weighted by atomic mass is 9.37. The van der Waals surface area contributed by atoms with Gasteiger partial charge in [-0.15, -0.1) is 0 Å². The summed E-state index contributed by atoms with van der Waals surface area (Å²) in [5, 5.41) is 96.0. The summed E-state index contributed by atoms with van der Waals surface area (Å²) in [6, 6.07) is 0. The minimum absolute atomic E-state index is 0.0344. The van der Waals surface area contributed by atoms with Crippen molar-refractivity contribution in [2.75, 3.05) is 6.61 Å². The lowest BCUT2D eigenvalue weighted by molar-refractivity contribution is -0.303. The SMILES string of the molecule is C[C@H]([C@H](O)C[C@@H](O)C(C)(C)O)[C@@H]1CC[C@]2(C)[C@H]3CC[C@H]4[C@](C)(C(=O)O[C@H]5O[C@@H](CO)[C@H](O)[C@@H](O)[C@@H]5O)[C@@H](O)C[C@@H](O)[C@@]4(C)[C@@H]3CC[C@@]12C. The fraction of sp³-hybridized carbons (Fsp3) is 0.972. The van der Waals surface area contributed by atoms with Crippen LogP contribution in [0.4, 0.5) is 0 Å². The maximum atomic E-state index is 14.1. The van der Waals surface area contributed by atoms with Crippen LogP contribution in [0.1, 0.15) is 99.8 Å². The van der Waals surface area contributed by atoms with Gasteiger partial charge in [0, 0.05) is 18.3 Å². The summed E-state index contributed by atoms with van der Waals surface area (Å²) in [7, 11) is 0. The number of hydrogen-bond acceptors (Lipinski definition) is 12. The molecule has 0 aromatic carbocycles. The molecule has 9 N–H and O–H groups in total. The van der Waals surface area contributed by atoms with Crippen LogP contribution in [0.2, 0.25) is 0 Å². The third kappa shape index (κ3) is 5.60. The lowest BCUT2D eigenvalue weighted by Crippen LogP contribution is -2.68. The van der Waals surface area contributed by atoms with Crippen LogP contribution < -0.4 is 0 Å². The molecule has 0 radical (unpaired) electrons. The van der Waals surface area contributed by atoms with E-state index in [4.69, 9.17) is 9.47 Å². The molecule has 1 saturated heterocycles. The van der Waals surface area contributed by atoms with E-state index >= 15 is 0 Å². The van der Waals surface area contributed by atoms with Crippen molar-refractivity contribution in [3.05, 3.63) is 0 Å². The number of aliphatic hydroxyl groups is 9. The average Bonchev–Trinajstić information content (AvgIpc) is 3.30. The van der Waals surface area contributed by atoms with Crippen LogP contribution in [0, 0.1) is 51.2 Å². The lowest BCUT2D eigenvalue weighted by Gasteiger charge is -2.68. The largest absolute Gasteiger partial charge is 0.432 e. The molecule has 0 unspecified atom stereocenters. The predicted molar refractivity (Wildman–Crippen MR) is 173 cm³/mol. The second kappa shape index (κ2) is 12.9. The van der Waals surface area contributed by atoms with Crippen LogP contribution in [0.25, 0.3) is 0 Å². The Morgan fingerprint density at radius 3 is 2.10 bits per heavy atom. The number of carbonyl (C=O) groups is 1. The second-order valence-corrected chi connectivity index (χ2v) is 17.7. The average molecular weight is 687 g/mol. The van der Waals surface area contributed by atoms with Crippen LogP contribution in [-0.4, -0.2) is 119 Å². The normalized spacial score (nSPS) is 51.2. The number of hydrogen-bond donors (Lipinski definition) is 9. The van der Waals surface area contributed by atoms with Crippen molar-refractivity contribution in [2.45, 2.75) is 161 Å². The van der Waals surface area contributed by atoms with E-state index in [1.54, 1.807) is 20.8 Å². The Balaban J connectivity index is 1.39. The van der Waals surface area contributed by atoms with Gasteiger partial charge in [0.05, 0.1) is 42.0 Å². The van der Waals surface area contributed by atoms with Crippen LogP contribution >= 0.6 is 0 Å². The van der Waals surface area contributed by atoms with Gasteiger partial charge in [0.1, 0.15) is 24.4 Å². The van der Waals surface area contributed by atoms with E-state index in [1.807, 2.05) is 13.8 Å². The van der Waals surface area contributed by atoms with E-state index in [-0.39, 0.29) is 47.3 Å². The van der Waals surface area contributed by atoms with E-state index in [1.165, 1.54) is 0 Å². The molecule has 0 amide bonds. The first kappa shape index (κ1) is 38.3. The van der Waals surface area contributed by atoms with Crippen LogP contribution in [0.3, 0.4) is 0 Å². The summed E-state index contributed by atoms with van der Waals surface area (Å²) >= 11 is 0. The molecule has 1 heterocycles. The number of aliphatic hydroxyl groups excluding tert-OH is 8. The number of esters is 1. The topological polar surface area (TPSA) is 218 Å². The van der Waals surface area contributed by atoms with Gasteiger partial charge < -0.3 is 55.4 Å². The zero-order valence-electron chi connectivity index (χ0n) is 29.7. The molecule has 5 fully saturated rings. The van der Waals surface area contributed by atoms with Crippen molar-refractivity contribution >= 4 is 5.97 Å². The maximum absolute atomic E-state index is 14.1. The number of carbonyl (C=O) groups excluding carboxylic acids is 1. The highest BCUT2D eigenvalue weighted by Gasteiger charge is 2.71. The van der Waals surface area contributed by atoms with E-state index in [2.05, 4.69) is 13.8 Å². The first-order chi connectivity index (χ1) is 22.1. The van der Waals surface area contributed by atoms with Gasteiger partial charge in [0.2, 0.25) is 6.29 Å². The predicted octanol–water partition coefficient (Wildman–Crippen LogP) is 0.845. The number of ether oxygens (including phenoxy) is 2. The molecular weight excluding hydrogens is 624 g/mol. The highest BCUT2D eigenvalue weighted by Crippen LogP contribution is 2.74. The molecule has 18 atom stereocenters. The van der Waals surface area contributed by atoms with Crippen molar-refractivity contribution in [3.63, 3.8) is 0 Å². The molecule has 5 aliphatic rings. The fourth-order valence-electron chi connectivity index (χ4n) is 11.7. The first-order valence-electron chi connectivity index (χ1n) is 18.1. The monoisotopic (exact) mass is 686 g/mol. The molecule has 5 rings (SSSR count). The van der Waals surface area contributed by atoms with Crippen molar-refractivity contribution < 1.29 is 60.2 Å². The summed E-state index contributed by atoms with van der Waals surface area (Å²) in [5.74, 6) is -0.971. The molecule has 48 heavy (non-hydrogen) atoms. The Morgan fingerprint density at radius 1 is 0.875 bits per heavy atom. The van der Waals surface area contributed by atoms with Gasteiger partial charge in [-0.3, -0.25) is 4.79 Å². The van der Waals surface area contributed by atoms with Crippen molar-refractivity contribution in [3.8, 4) is 0 Å². The molecule has 278 valence electrons. The van der Waals surface area contributed by atoms with E-state index < -0.39 is 90.0 Å². The molecule has 0 bridgehead atoms. The second-order valence-electron chi connectivity index (χ2n) is 17.7. The smallest absolute Gasteiger partial charge is 0.317 e. The van der Waals surface area contributed by atoms with Crippen LogP contribution in [0.15, 0.2) is 0 Å². The maximum Gasteiger partial charge on any atom is 0.317 e. The fourth-order valence-corrected chi connectivity index (χ4v) is 11.7. The van der Waals surface area contributed by atoms with E-state index in [0.717, 1.165) is 32.1 Å². The molecule has 0 spiro atoms. The van der Waals surface area contributed by atoms with Gasteiger partial charge >= 0.3 is 5.97 Å². The van der Waals surface area contributed by atoms with E-state index in [0.29, 0.717) is 6.42 Å². The zero-order valence-corrected chi connectivity index (χ0v) is 29.7. The number of fused-ring (bicyclic) bond motifs is 5. The van der Waals surface area contributed by atoms with Gasteiger partial charge in [0.15, 0.2) is 0 Å². The van der Waals surface area contributed by atoms with E-state index in [9.17, 15) is 50.8 Å². The molecule has 12 heteroatoms. The van der Waals surface area contributed by atoms with Crippen molar-refractivity contribution in [1.82, 2.24) is 0 Å². The summed E-state index contributed by atoms with van der Waals surface area (Å²) in [4.78, 5) is 14.1. The Kier molecular flexibility index (Phi) is 10.3. The standard InChI is InChI=1S/C36H62O12/c1-17(21(38)14-24(39)32(2,3)46)18-10-12-34(5)19-8-9-23-35(6,20(19)11-13-33(18,34)4)25(40)15-26(41)36(23,7)31(45)48-30-29(44)28(43)27(42)22(16-37)47-30/h17-30,37-44,46H,8-16H2,1-7H3/t17-,18-,19-,20+,21+,22-,23+,24+,25+,26-,27-,28+,29-,30+,33-,34+,35-,36-/m0/s1. The summed E-state index contributed by atoms with van der Waals surface area (Å²) in [6.07, 6.45) is -7.13. The van der Waals surface area contributed by atoms with Crippen LogP contribution in [-0.2, 0) is 14.3 Å². The summed E-state index contributed by atoms with van der Waals surface area (Å²) in [5.41, 5.74) is -3.79. The van der Waals surface area contributed by atoms with Crippen molar-refractivity contribution in [1.29, 1.82) is 0 Å². The minimum Gasteiger partial charge on any atom is -0.432 e. The summed E-state index contributed by atoms with van der Waals surface area (Å²) in [6.45, 7) is 12.8. The molecule has 4 saturated carbocycles. The third-order valence-electron chi connectivity index (χ3n) is 15.3. The Bertz CT molecular complexity index is 1180. The Labute approximate surface area is 284 Å². The van der Waals surface area contributed by atoms with Gasteiger partial charge in [0.25, 0.3) is 0 Å². The minimum atomic E-state index is -1.77. The molecule has 0 aromatic heterocycles. The quantitative estimate of drug-likeness (QED) is 0.162. The molecule has 0 aromatic rings. The molecular formula is C36H62O12. The van der Waals surface area contributed by atoms with Gasteiger partial charge in [-0.1, -0.05) is 27.7 Å². The molecule has 4 aliphatic carbocycles. The highest BCUT2D eigenvalue weighted by molar-refractivity contribution is 5.78. The zero-order chi connectivity index (χ0) is 35.9. The van der Waals surface area contributed by atoms with Gasteiger partial charge in [-0.25, -0.2) is 0 Å². The number of rotatable bonds is 8. The third-order valence-corrected chi connectivity index (χ3v) is 15.3. The van der Waals surface area contributed by atoms with Gasteiger partial charge in [-0.05, 0) is 99.7 Å². The molecule has 1 aliphatic heterocycles. The highest BCUT2D eigenvalue weighted by atomic mass is 16.7. The Hall–Kier alpha value is -0.930. The molecule has 12 nitrogen and oxygen atoms in total. The van der Waals surface area contributed by atoms with Crippen molar-refractivity contribution in [2.24, 2.45) is 51.2 Å². The Morgan fingerprint density at radius 2 is 1.50 bits per heavy atom.